The normalized spacial score (nSPS) is 18.3. The van der Waals surface area contributed by atoms with E-state index >= 15 is 0 Å². The number of benzene rings is 1. The second kappa shape index (κ2) is 7.18. The van der Waals surface area contributed by atoms with Crippen molar-refractivity contribution in [2.45, 2.75) is 18.6 Å². The fraction of sp³-hybridized carbons (Fsp3) is 0.429. The molecule has 2 amide bonds. The van der Waals surface area contributed by atoms with Gasteiger partial charge in [-0.3, -0.25) is 9.59 Å². The molecule has 0 unspecified atom stereocenters. The Balaban J connectivity index is 1.86. The van der Waals surface area contributed by atoms with Crippen molar-refractivity contribution >= 4 is 29.1 Å². The lowest BCUT2D eigenvalue weighted by Gasteiger charge is -2.17. The number of hydrogen-bond donors (Lipinski definition) is 2. The molecule has 1 aliphatic heterocycles. The van der Waals surface area contributed by atoms with Crippen molar-refractivity contribution in [3.8, 4) is 0 Å². The molecule has 0 saturated carbocycles. The van der Waals surface area contributed by atoms with E-state index in [1.807, 2.05) is 5.32 Å². The third kappa shape index (κ3) is 5.11. The van der Waals surface area contributed by atoms with Crippen LogP contribution in [0, 0.1) is 0 Å². The Bertz CT molecular complexity index is 595. The number of alkyl halides is 3. The fourth-order valence-corrected chi connectivity index (χ4v) is 2.46. The summed E-state index contributed by atoms with van der Waals surface area (Å²) in [5.41, 5.74) is 0.620. The monoisotopic (exact) mass is 349 g/mol. The molecule has 0 radical (unpaired) electrons. The predicted octanol–water partition coefficient (Wildman–Crippen LogP) is 1.71. The van der Waals surface area contributed by atoms with Gasteiger partial charge in [0.05, 0.1) is 13.1 Å². The highest BCUT2D eigenvalue weighted by Gasteiger charge is 2.34. The van der Waals surface area contributed by atoms with Crippen molar-refractivity contribution in [1.82, 2.24) is 10.6 Å². The number of nitrogens with zero attached hydrogens (tertiary/aromatic N) is 1. The summed E-state index contributed by atoms with van der Waals surface area (Å²) in [7, 11) is 0. The first-order valence-electron chi connectivity index (χ1n) is 6.90. The molecule has 1 fully saturated rings. The van der Waals surface area contributed by atoms with E-state index in [2.05, 4.69) is 5.32 Å². The Morgan fingerprint density at radius 1 is 1.39 bits per heavy atom. The van der Waals surface area contributed by atoms with Crippen molar-refractivity contribution in [1.29, 1.82) is 0 Å². The van der Waals surface area contributed by atoms with Crippen molar-refractivity contribution < 1.29 is 22.8 Å². The first-order valence-corrected chi connectivity index (χ1v) is 7.28. The molecule has 1 saturated heterocycles. The Labute approximate surface area is 135 Å². The molecule has 1 aromatic rings. The van der Waals surface area contributed by atoms with E-state index in [1.54, 1.807) is 24.3 Å². The highest BCUT2D eigenvalue weighted by atomic mass is 35.5. The van der Waals surface area contributed by atoms with Gasteiger partial charge in [0.25, 0.3) is 0 Å². The molecule has 126 valence electrons. The maximum absolute atomic E-state index is 12.3. The SMILES string of the molecule is O=C(CNCC(F)(F)F)N[C@@H]1CCN(c2cccc(Cl)c2)C1=O. The molecular formula is C14H15ClF3N3O2. The van der Waals surface area contributed by atoms with Crippen LogP contribution in [0.4, 0.5) is 18.9 Å². The van der Waals surface area contributed by atoms with Crippen molar-refractivity contribution in [3.05, 3.63) is 29.3 Å². The average molecular weight is 350 g/mol. The van der Waals surface area contributed by atoms with Crippen LogP contribution in [0.3, 0.4) is 0 Å². The van der Waals surface area contributed by atoms with Gasteiger partial charge in [0.1, 0.15) is 6.04 Å². The number of carbonyl (C=O) groups is 2. The smallest absolute Gasteiger partial charge is 0.343 e. The predicted molar refractivity (Wildman–Crippen MR) is 79.3 cm³/mol. The number of halogens is 4. The number of rotatable bonds is 5. The van der Waals surface area contributed by atoms with Gasteiger partial charge in [-0.25, -0.2) is 0 Å². The van der Waals surface area contributed by atoms with E-state index in [0.29, 0.717) is 23.7 Å². The molecule has 0 spiro atoms. The second-order valence-electron chi connectivity index (χ2n) is 5.10. The van der Waals surface area contributed by atoms with Crippen LogP contribution in [-0.4, -0.2) is 43.7 Å². The number of hydrogen-bond acceptors (Lipinski definition) is 3. The van der Waals surface area contributed by atoms with Crippen LogP contribution in [0.25, 0.3) is 0 Å². The summed E-state index contributed by atoms with van der Waals surface area (Å²) >= 11 is 5.88. The largest absolute Gasteiger partial charge is 0.401 e. The van der Waals surface area contributed by atoms with Gasteiger partial charge in [0, 0.05) is 17.3 Å². The maximum Gasteiger partial charge on any atom is 0.401 e. The summed E-state index contributed by atoms with van der Waals surface area (Å²) in [6.45, 7) is -1.35. The highest BCUT2D eigenvalue weighted by Crippen LogP contribution is 2.24. The number of carbonyl (C=O) groups excluding carboxylic acids is 2. The molecule has 1 heterocycles. The summed E-state index contributed by atoms with van der Waals surface area (Å²) in [6.07, 6.45) is -4.00. The Morgan fingerprint density at radius 3 is 2.78 bits per heavy atom. The summed E-state index contributed by atoms with van der Waals surface area (Å²) in [4.78, 5) is 25.3. The molecule has 1 aromatic carbocycles. The van der Waals surface area contributed by atoms with Crippen LogP contribution in [0.2, 0.25) is 5.02 Å². The number of amides is 2. The van der Waals surface area contributed by atoms with Crippen LogP contribution in [0.15, 0.2) is 24.3 Å². The lowest BCUT2D eigenvalue weighted by atomic mass is 10.2. The fourth-order valence-electron chi connectivity index (χ4n) is 2.28. The molecule has 1 aliphatic rings. The van der Waals surface area contributed by atoms with Gasteiger partial charge in [0.15, 0.2) is 0 Å². The molecule has 2 N–H and O–H groups in total. The van der Waals surface area contributed by atoms with E-state index in [4.69, 9.17) is 11.6 Å². The van der Waals surface area contributed by atoms with Crippen molar-refractivity contribution in [3.63, 3.8) is 0 Å². The summed E-state index contributed by atoms with van der Waals surface area (Å²) < 4.78 is 35.9. The Kier molecular flexibility index (Phi) is 5.48. The van der Waals surface area contributed by atoms with Crippen molar-refractivity contribution in [2.75, 3.05) is 24.5 Å². The van der Waals surface area contributed by atoms with E-state index in [1.165, 1.54) is 4.90 Å². The van der Waals surface area contributed by atoms with E-state index in [9.17, 15) is 22.8 Å². The van der Waals surface area contributed by atoms with Gasteiger partial charge in [0.2, 0.25) is 11.8 Å². The van der Waals surface area contributed by atoms with Crippen LogP contribution in [0.5, 0.6) is 0 Å². The van der Waals surface area contributed by atoms with Crippen LogP contribution in [-0.2, 0) is 9.59 Å². The molecule has 5 nitrogen and oxygen atoms in total. The lowest BCUT2D eigenvalue weighted by Crippen LogP contribution is -2.45. The third-order valence-corrected chi connectivity index (χ3v) is 3.51. The molecule has 9 heteroatoms. The first-order chi connectivity index (χ1) is 10.8. The van der Waals surface area contributed by atoms with Crippen LogP contribution >= 0.6 is 11.6 Å². The zero-order valence-electron chi connectivity index (χ0n) is 12.0. The van der Waals surface area contributed by atoms with Crippen LogP contribution < -0.4 is 15.5 Å². The summed E-state index contributed by atoms with van der Waals surface area (Å²) in [5.74, 6) is -0.961. The minimum absolute atomic E-state index is 0.309. The van der Waals surface area contributed by atoms with Gasteiger partial charge in [-0.15, -0.1) is 0 Å². The standard InChI is InChI=1S/C14H15ClF3N3O2/c15-9-2-1-3-10(6-9)21-5-4-11(13(21)23)20-12(22)7-19-8-14(16,17)18/h1-3,6,11,19H,4-5,7-8H2,(H,20,22)/t11-/m1/s1. The average Bonchev–Trinajstić information content (AvgIpc) is 2.79. The third-order valence-electron chi connectivity index (χ3n) is 3.27. The van der Waals surface area contributed by atoms with E-state index in [-0.39, 0.29) is 5.91 Å². The molecule has 2 rings (SSSR count). The van der Waals surface area contributed by atoms with Gasteiger partial charge in [-0.2, -0.15) is 13.2 Å². The summed E-state index contributed by atoms with van der Waals surface area (Å²) in [6, 6.07) is 6.00. The maximum atomic E-state index is 12.3. The Morgan fingerprint density at radius 2 is 2.13 bits per heavy atom. The topological polar surface area (TPSA) is 61.4 Å². The van der Waals surface area contributed by atoms with Gasteiger partial charge in [-0.1, -0.05) is 17.7 Å². The van der Waals surface area contributed by atoms with Gasteiger partial charge >= 0.3 is 6.18 Å². The summed E-state index contributed by atoms with van der Waals surface area (Å²) in [5, 5.41) is 4.91. The minimum Gasteiger partial charge on any atom is -0.343 e. The minimum atomic E-state index is -4.38. The lowest BCUT2D eigenvalue weighted by molar-refractivity contribution is -0.130. The molecule has 23 heavy (non-hydrogen) atoms. The zero-order valence-corrected chi connectivity index (χ0v) is 12.7. The molecule has 1 atom stereocenters. The number of anilines is 1. The number of nitrogens with one attached hydrogen (secondary N) is 2. The molecule has 0 aliphatic carbocycles. The van der Waals surface area contributed by atoms with Gasteiger partial charge < -0.3 is 15.5 Å². The van der Waals surface area contributed by atoms with Crippen molar-refractivity contribution in [2.24, 2.45) is 0 Å². The molecular weight excluding hydrogens is 335 g/mol. The van der Waals surface area contributed by atoms with E-state index < -0.39 is 31.2 Å². The van der Waals surface area contributed by atoms with Gasteiger partial charge in [-0.05, 0) is 24.6 Å². The Hall–Kier alpha value is -1.80. The highest BCUT2D eigenvalue weighted by molar-refractivity contribution is 6.31. The second-order valence-corrected chi connectivity index (χ2v) is 5.53. The first kappa shape index (κ1) is 17.6. The molecule has 0 bridgehead atoms. The zero-order chi connectivity index (χ0) is 17.0. The van der Waals surface area contributed by atoms with Crippen LogP contribution in [0.1, 0.15) is 6.42 Å². The molecule has 0 aromatic heterocycles. The quantitative estimate of drug-likeness (QED) is 0.851. The van der Waals surface area contributed by atoms with E-state index in [0.717, 1.165) is 0 Å².